The van der Waals surface area contributed by atoms with E-state index in [1.54, 1.807) is 12.1 Å². The first-order chi connectivity index (χ1) is 16.2. The summed E-state index contributed by atoms with van der Waals surface area (Å²) in [6.07, 6.45) is 1.47. The van der Waals surface area contributed by atoms with E-state index in [0.717, 1.165) is 12.7 Å². The van der Waals surface area contributed by atoms with Gasteiger partial charge in [0.2, 0.25) is 0 Å². The summed E-state index contributed by atoms with van der Waals surface area (Å²) in [7, 11) is 0. The lowest BCUT2D eigenvalue weighted by molar-refractivity contribution is -0.384. The molecular weight excluding hydrogens is 751 g/mol. The molecule has 11 heteroatoms. The van der Waals surface area contributed by atoms with E-state index in [2.05, 4.69) is 66.4 Å². The molecule has 0 aliphatic carbocycles. The Morgan fingerprint density at radius 1 is 1.18 bits per heavy atom. The number of amides is 1. The van der Waals surface area contributed by atoms with Gasteiger partial charge in [0.05, 0.1) is 17.8 Å². The van der Waals surface area contributed by atoms with Crippen molar-refractivity contribution in [1.82, 2.24) is 0 Å². The first kappa shape index (κ1) is 26.4. The summed E-state index contributed by atoms with van der Waals surface area (Å²) in [5.74, 6) is 0.0659. The van der Waals surface area contributed by atoms with Gasteiger partial charge in [0.15, 0.2) is 0 Å². The maximum Gasteiger partial charge on any atom is 0.270 e. The van der Waals surface area contributed by atoms with E-state index in [1.807, 2.05) is 30.3 Å². The number of carbonyl (C=O) groups is 1. The molecule has 0 bridgehead atoms. The second-order valence-corrected chi connectivity index (χ2v) is 10.4. The van der Waals surface area contributed by atoms with Gasteiger partial charge in [-0.15, -0.1) is 0 Å². The second-order valence-electron chi connectivity index (χ2n) is 6.77. The third-order valence-corrected chi connectivity index (χ3v) is 6.92. The lowest BCUT2D eigenvalue weighted by Crippen LogP contribution is -2.14. The van der Waals surface area contributed by atoms with Crippen molar-refractivity contribution in [3.05, 3.63) is 98.0 Å². The Labute approximate surface area is 235 Å². The largest absolute Gasteiger partial charge is 0.487 e. The number of nitrogens with zero attached hydrogens (tertiary/aromatic N) is 2. The van der Waals surface area contributed by atoms with Crippen molar-refractivity contribution in [2.24, 2.45) is 0 Å². The van der Waals surface area contributed by atoms with Crippen molar-refractivity contribution in [3.8, 4) is 11.8 Å². The molecule has 172 valence electrons. The summed E-state index contributed by atoms with van der Waals surface area (Å²) in [4.78, 5) is 23.0. The normalized spacial score (nSPS) is 11.0. The predicted molar refractivity (Wildman–Crippen MR) is 151 cm³/mol. The molecule has 3 aromatic carbocycles. The van der Waals surface area contributed by atoms with E-state index in [-0.39, 0.29) is 11.3 Å². The minimum absolute atomic E-state index is 0.119. The molecule has 0 aliphatic heterocycles. The number of nitro groups is 1. The highest BCUT2D eigenvalue weighted by Gasteiger charge is 2.15. The van der Waals surface area contributed by atoms with Crippen LogP contribution in [0, 0.1) is 28.6 Å². The topological polar surface area (TPSA) is 105 Å². The smallest absolute Gasteiger partial charge is 0.270 e. The summed E-state index contributed by atoms with van der Waals surface area (Å²) in [6.45, 7) is 0.369. The number of nitro benzene ring substituents is 1. The fourth-order valence-electron chi connectivity index (χ4n) is 2.76. The SMILES string of the molecule is N#C/C(=C\c1cc(I)c(OCc2ccc(Cl)cc2)c(I)c1)C(=O)Nc1ccc([N+](=O)[O-])cc1Br. The molecule has 1 N–H and O–H groups in total. The van der Waals surface area contributed by atoms with Crippen molar-refractivity contribution < 1.29 is 14.5 Å². The van der Waals surface area contributed by atoms with Crippen molar-refractivity contribution in [2.75, 3.05) is 5.32 Å². The molecule has 0 saturated carbocycles. The predicted octanol–water partition coefficient (Wildman–Crippen LogP) is 7.34. The van der Waals surface area contributed by atoms with Crippen LogP contribution in [0.25, 0.3) is 6.08 Å². The van der Waals surface area contributed by atoms with E-state index in [0.29, 0.717) is 33.1 Å². The van der Waals surface area contributed by atoms with Gasteiger partial charge in [-0.25, -0.2) is 0 Å². The highest BCUT2D eigenvalue weighted by molar-refractivity contribution is 14.1. The van der Waals surface area contributed by atoms with Gasteiger partial charge < -0.3 is 10.1 Å². The van der Waals surface area contributed by atoms with E-state index in [9.17, 15) is 20.2 Å². The van der Waals surface area contributed by atoms with Gasteiger partial charge in [0, 0.05) is 21.6 Å². The number of anilines is 1. The first-order valence-electron chi connectivity index (χ1n) is 9.41. The second kappa shape index (κ2) is 12.0. The molecule has 7 nitrogen and oxygen atoms in total. The van der Waals surface area contributed by atoms with Crippen LogP contribution in [0.1, 0.15) is 11.1 Å². The van der Waals surface area contributed by atoms with Crippen LogP contribution in [-0.2, 0) is 11.4 Å². The number of nitrogens with one attached hydrogen (secondary N) is 1. The molecule has 3 rings (SSSR count). The minimum Gasteiger partial charge on any atom is -0.487 e. The molecule has 1 amide bonds. The van der Waals surface area contributed by atoms with Crippen molar-refractivity contribution in [1.29, 1.82) is 5.26 Å². The highest BCUT2D eigenvalue weighted by atomic mass is 127. The molecule has 0 spiro atoms. The number of hydrogen-bond donors (Lipinski definition) is 1. The Morgan fingerprint density at radius 2 is 1.82 bits per heavy atom. The maximum atomic E-state index is 12.6. The third kappa shape index (κ3) is 6.91. The third-order valence-electron chi connectivity index (χ3n) is 4.40. The average molecular weight is 765 g/mol. The van der Waals surface area contributed by atoms with Gasteiger partial charge in [-0.2, -0.15) is 5.26 Å². The number of non-ortho nitro benzene ring substituents is 1. The summed E-state index contributed by atoms with van der Waals surface area (Å²) < 4.78 is 7.94. The Balaban J connectivity index is 1.77. The molecular formula is C23H13BrClI2N3O4. The fourth-order valence-corrected chi connectivity index (χ4v) is 5.48. The van der Waals surface area contributed by atoms with Gasteiger partial charge >= 0.3 is 0 Å². The number of carbonyl (C=O) groups excluding carboxylic acids is 1. The van der Waals surface area contributed by atoms with Crippen LogP contribution in [0.5, 0.6) is 5.75 Å². The molecule has 0 unspecified atom stereocenters. The Morgan fingerprint density at radius 3 is 2.38 bits per heavy atom. The van der Waals surface area contributed by atoms with Gasteiger partial charge in [0.1, 0.15) is 24.0 Å². The fraction of sp³-hybridized carbons (Fsp3) is 0.0435. The molecule has 0 aliphatic rings. The molecule has 0 aromatic heterocycles. The number of rotatable bonds is 7. The van der Waals surface area contributed by atoms with Crippen LogP contribution >= 0.6 is 72.7 Å². The highest BCUT2D eigenvalue weighted by Crippen LogP contribution is 2.31. The summed E-state index contributed by atoms with van der Waals surface area (Å²) in [5.41, 5.74) is 1.70. The molecule has 0 saturated heterocycles. The first-order valence-corrected chi connectivity index (χ1v) is 12.7. The quantitative estimate of drug-likeness (QED) is 0.0892. The van der Waals surface area contributed by atoms with E-state index >= 15 is 0 Å². The monoisotopic (exact) mass is 763 g/mol. The number of nitriles is 1. The summed E-state index contributed by atoms with van der Waals surface area (Å²) >= 11 is 13.4. The van der Waals surface area contributed by atoms with Crippen LogP contribution < -0.4 is 10.1 Å². The van der Waals surface area contributed by atoms with E-state index in [4.69, 9.17) is 16.3 Å². The van der Waals surface area contributed by atoms with Gasteiger partial charge in [-0.05, 0) is 109 Å². The minimum atomic E-state index is -0.634. The zero-order valence-corrected chi connectivity index (χ0v) is 23.7. The molecule has 34 heavy (non-hydrogen) atoms. The lowest BCUT2D eigenvalue weighted by atomic mass is 10.1. The molecule has 3 aromatic rings. The summed E-state index contributed by atoms with van der Waals surface area (Å²) in [5, 5.41) is 23.7. The molecule has 0 heterocycles. The Kier molecular flexibility index (Phi) is 9.29. The van der Waals surface area contributed by atoms with Crippen LogP contribution in [0.2, 0.25) is 5.02 Å². The zero-order chi connectivity index (χ0) is 24.8. The zero-order valence-electron chi connectivity index (χ0n) is 17.0. The van der Waals surface area contributed by atoms with Gasteiger partial charge in [-0.3, -0.25) is 14.9 Å². The van der Waals surface area contributed by atoms with Crippen LogP contribution in [0.15, 0.2) is 64.6 Å². The van der Waals surface area contributed by atoms with Gasteiger partial charge in [-0.1, -0.05) is 23.7 Å². The summed E-state index contributed by atoms with van der Waals surface area (Å²) in [6, 6.07) is 16.8. The maximum absolute atomic E-state index is 12.6. The van der Waals surface area contributed by atoms with Crippen LogP contribution in [0.3, 0.4) is 0 Å². The molecule has 0 fully saturated rings. The van der Waals surface area contributed by atoms with Crippen LogP contribution in [-0.4, -0.2) is 10.8 Å². The van der Waals surface area contributed by atoms with E-state index in [1.165, 1.54) is 24.3 Å². The lowest BCUT2D eigenvalue weighted by Gasteiger charge is -2.12. The standard InChI is InChI=1S/C23H13BrClI2N3O4/c24-18-10-17(30(32)33)5-6-21(18)29-23(31)15(11-28)7-14-8-19(26)22(20(27)9-14)34-12-13-1-3-16(25)4-2-13/h1-10H,12H2,(H,29,31)/b15-7+. The average Bonchev–Trinajstić information content (AvgIpc) is 2.79. The number of ether oxygens (including phenoxy) is 1. The number of halogens is 4. The molecule has 0 atom stereocenters. The number of hydrogen-bond acceptors (Lipinski definition) is 5. The van der Waals surface area contributed by atoms with Crippen molar-refractivity contribution >= 4 is 96.1 Å². The number of benzene rings is 3. The van der Waals surface area contributed by atoms with Gasteiger partial charge in [0.25, 0.3) is 11.6 Å². The molecule has 0 radical (unpaired) electrons. The Bertz CT molecular complexity index is 1320. The van der Waals surface area contributed by atoms with Crippen molar-refractivity contribution in [2.45, 2.75) is 6.61 Å². The van der Waals surface area contributed by atoms with Crippen LogP contribution in [0.4, 0.5) is 11.4 Å². The van der Waals surface area contributed by atoms with Crippen molar-refractivity contribution in [3.63, 3.8) is 0 Å². The Hall–Kier alpha value is -2.21. The van der Waals surface area contributed by atoms with E-state index < -0.39 is 10.8 Å².